The van der Waals surface area contributed by atoms with Crippen LogP contribution in [0.15, 0.2) is 18.2 Å². The lowest BCUT2D eigenvalue weighted by Crippen LogP contribution is -2.50. The standard InChI is InChI=1S/C15H22N2O/c1-4-15(8-5-9-16-15)14(18)17-13-7-6-11(2)10-12(13)3/h6-7,10,16H,4-5,8-9H2,1-3H3,(H,17,18). The van der Waals surface area contributed by atoms with Crippen LogP contribution in [0, 0.1) is 13.8 Å². The Labute approximate surface area is 109 Å². The molecule has 18 heavy (non-hydrogen) atoms. The molecule has 0 spiro atoms. The van der Waals surface area contributed by atoms with E-state index in [2.05, 4.69) is 30.5 Å². The summed E-state index contributed by atoms with van der Waals surface area (Å²) in [4.78, 5) is 12.4. The van der Waals surface area contributed by atoms with Gasteiger partial charge in [-0.05, 0) is 51.3 Å². The van der Waals surface area contributed by atoms with E-state index >= 15 is 0 Å². The third-order valence-electron chi connectivity index (χ3n) is 3.91. The van der Waals surface area contributed by atoms with Gasteiger partial charge in [-0.15, -0.1) is 0 Å². The number of aryl methyl sites for hydroxylation is 2. The minimum Gasteiger partial charge on any atom is -0.324 e. The lowest BCUT2D eigenvalue weighted by Gasteiger charge is -2.27. The van der Waals surface area contributed by atoms with Gasteiger partial charge in [-0.25, -0.2) is 0 Å². The number of hydrogen-bond acceptors (Lipinski definition) is 2. The van der Waals surface area contributed by atoms with E-state index in [4.69, 9.17) is 0 Å². The Morgan fingerprint density at radius 2 is 2.22 bits per heavy atom. The number of rotatable bonds is 3. The van der Waals surface area contributed by atoms with E-state index in [0.29, 0.717) is 0 Å². The van der Waals surface area contributed by atoms with Gasteiger partial charge in [0, 0.05) is 5.69 Å². The Bertz CT molecular complexity index is 448. The SMILES string of the molecule is CCC1(C(=O)Nc2ccc(C)cc2C)CCCN1. The van der Waals surface area contributed by atoms with E-state index in [1.807, 2.05) is 19.1 Å². The molecule has 0 radical (unpaired) electrons. The summed E-state index contributed by atoms with van der Waals surface area (Å²) in [5.74, 6) is 0.106. The maximum Gasteiger partial charge on any atom is 0.244 e. The van der Waals surface area contributed by atoms with Gasteiger partial charge in [0.25, 0.3) is 0 Å². The first kappa shape index (κ1) is 13.1. The zero-order valence-corrected chi connectivity index (χ0v) is 11.5. The van der Waals surface area contributed by atoms with Crippen LogP contribution in [0.2, 0.25) is 0 Å². The van der Waals surface area contributed by atoms with Crippen LogP contribution in [0.4, 0.5) is 5.69 Å². The highest BCUT2D eigenvalue weighted by Crippen LogP contribution is 2.26. The quantitative estimate of drug-likeness (QED) is 0.861. The lowest BCUT2D eigenvalue weighted by molar-refractivity contribution is -0.122. The van der Waals surface area contributed by atoms with Crippen molar-refractivity contribution in [2.75, 3.05) is 11.9 Å². The molecular formula is C15H22N2O. The Kier molecular flexibility index (Phi) is 3.71. The highest BCUT2D eigenvalue weighted by molar-refractivity contribution is 5.98. The first-order valence-corrected chi connectivity index (χ1v) is 6.71. The average molecular weight is 246 g/mol. The molecule has 1 saturated heterocycles. The molecule has 98 valence electrons. The van der Waals surface area contributed by atoms with E-state index in [1.54, 1.807) is 0 Å². The van der Waals surface area contributed by atoms with E-state index in [9.17, 15) is 4.79 Å². The summed E-state index contributed by atoms with van der Waals surface area (Å²) in [5.41, 5.74) is 2.89. The number of anilines is 1. The number of amides is 1. The predicted molar refractivity (Wildman–Crippen MR) is 74.8 cm³/mol. The summed E-state index contributed by atoms with van der Waals surface area (Å²) >= 11 is 0. The van der Waals surface area contributed by atoms with Crippen molar-refractivity contribution in [1.82, 2.24) is 5.32 Å². The summed E-state index contributed by atoms with van der Waals surface area (Å²) < 4.78 is 0. The Balaban J connectivity index is 2.15. The number of carbonyl (C=O) groups excluding carboxylic acids is 1. The molecule has 1 aromatic rings. The predicted octanol–water partition coefficient (Wildman–Crippen LogP) is 2.77. The van der Waals surface area contributed by atoms with Crippen molar-refractivity contribution in [1.29, 1.82) is 0 Å². The van der Waals surface area contributed by atoms with E-state index in [-0.39, 0.29) is 11.4 Å². The molecule has 0 saturated carbocycles. The summed E-state index contributed by atoms with van der Waals surface area (Å²) in [6.45, 7) is 7.10. The van der Waals surface area contributed by atoms with Crippen LogP contribution in [0.3, 0.4) is 0 Å². The summed E-state index contributed by atoms with van der Waals surface area (Å²) in [6.07, 6.45) is 2.85. The average Bonchev–Trinajstić information content (AvgIpc) is 2.82. The number of hydrogen-bond donors (Lipinski definition) is 2. The molecule has 0 aliphatic carbocycles. The molecule has 0 aromatic heterocycles. The van der Waals surface area contributed by atoms with Crippen LogP contribution in [0.5, 0.6) is 0 Å². The Hall–Kier alpha value is -1.35. The Morgan fingerprint density at radius 3 is 2.78 bits per heavy atom. The maximum atomic E-state index is 12.4. The molecule has 1 fully saturated rings. The molecule has 1 aliphatic rings. The van der Waals surface area contributed by atoms with Gasteiger partial charge in [-0.3, -0.25) is 4.79 Å². The van der Waals surface area contributed by atoms with Gasteiger partial charge in [-0.2, -0.15) is 0 Å². The second kappa shape index (κ2) is 5.11. The molecule has 3 nitrogen and oxygen atoms in total. The minimum absolute atomic E-state index is 0.106. The summed E-state index contributed by atoms with van der Waals surface area (Å²) in [5, 5.41) is 6.43. The smallest absolute Gasteiger partial charge is 0.244 e. The molecular weight excluding hydrogens is 224 g/mol. The van der Waals surface area contributed by atoms with Gasteiger partial charge in [0.05, 0.1) is 5.54 Å². The van der Waals surface area contributed by atoms with Crippen molar-refractivity contribution in [3.8, 4) is 0 Å². The van der Waals surface area contributed by atoms with Gasteiger partial charge in [0.1, 0.15) is 0 Å². The molecule has 3 heteroatoms. The van der Waals surface area contributed by atoms with Crippen LogP contribution < -0.4 is 10.6 Å². The molecule has 1 heterocycles. The molecule has 1 amide bonds. The zero-order valence-electron chi connectivity index (χ0n) is 11.5. The fourth-order valence-electron chi connectivity index (χ4n) is 2.66. The van der Waals surface area contributed by atoms with E-state index in [0.717, 1.165) is 37.1 Å². The van der Waals surface area contributed by atoms with Crippen LogP contribution in [0.1, 0.15) is 37.3 Å². The van der Waals surface area contributed by atoms with Crippen LogP contribution in [0.25, 0.3) is 0 Å². The van der Waals surface area contributed by atoms with Gasteiger partial charge in [0.2, 0.25) is 5.91 Å². The van der Waals surface area contributed by atoms with Crippen molar-refractivity contribution < 1.29 is 4.79 Å². The fraction of sp³-hybridized carbons (Fsp3) is 0.533. The van der Waals surface area contributed by atoms with Crippen molar-refractivity contribution >= 4 is 11.6 Å². The summed E-state index contributed by atoms with van der Waals surface area (Å²) in [6, 6.07) is 6.11. The van der Waals surface area contributed by atoms with Crippen molar-refractivity contribution in [3.05, 3.63) is 29.3 Å². The van der Waals surface area contributed by atoms with Crippen LogP contribution >= 0.6 is 0 Å². The van der Waals surface area contributed by atoms with Crippen molar-refractivity contribution in [3.63, 3.8) is 0 Å². The lowest BCUT2D eigenvalue weighted by atomic mass is 9.93. The second-order valence-corrected chi connectivity index (χ2v) is 5.24. The highest BCUT2D eigenvalue weighted by atomic mass is 16.2. The molecule has 1 aliphatic heterocycles. The minimum atomic E-state index is -0.364. The van der Waals surface area contributed by atoms with Crippen molar-refractivity contribution in [2.45, 2.75) is 45.6 Å². The topological polar surface area (TPSA) is 41.1 Å². The van der Waals surface area contributed by atoms with E-state index < -0.39 is 0 Å². The van der Waals surface area contributed by atoms with Gasteiger partial charge in [0.15, 0.2) is 0 Å². The normalized spacial score (nSPS) is 23.1. The number of nitrogens with one attached hydrogen (secondary N) is 2. The van der Waals surface area contributed by atoms with Crippen LogP contribution in [-0.2, 0) is 4.79 Å². The molecule has 2 N–H and O–H groups in total. The van der Waals surface area contributed by atoms with Gasteiger partial charge >= 0.3 is 0 Å². The molecule has 1 atom stereocenters. The van der Waals surface area contributed by atoms with Gasteiger partial charge in [-0.1, -0.05) is 24.6 Å². The largest absolute Gasteiger partial charge is 0.324 e. The Morgan fingerprint density at radius 1 is 1.44 bits per heavy atom. The maximum absolute atomic E-state index is 12.4. The number of benzene rings is 1. The third-order valence-corrected chi connectivity index (χ3v) is 3.91. The third kappa shape index (κ3) is 2.41. The van der Waals surface area contributed by atoms with Crippen molar-refractivity contribution in [2.24, 2.45) is 0 Å². The molecule has 1 unspecified atom stereocenters. The zero-order chi connectivity index (χ0) is 13.2. The highest BCUT2D eigenvalue weighted by Gasteiger charge is 2.39. The second-order valence-electron chi connectivity index (χ2n) is 5.24. The van der Waals surface area contributed by atoms with Gasteiger partial charge < -0.3 is 10.6 Å². The molecule has 1 aromatic carbocycles. The summed E-state index contributed by atoms with van der Waals surface area (Å²) in [7, 11) is 0. The molecule has 0 bridgehead atoms. The number of carbonyl (C=O) groups is 1. The monoisotopic (exact) mass is 246 g/mol. The fourth-order valence-corrected chi connectivity index (χ4v) is 2.66. The first-order valence-electron chi connectivity index (χ1n) is 6.71. The molecule has 2 rings (SSSR count). The van der Waals surface area contributed by atoms with Crippen LogP contribution in [-0.4, -0.2) is 18.0 Å². The van der Waals surface area contributed by atoms with E-state index in [1.165, 1.54) is 5.56 Å². The first-order chi connectivity index (χ1) is 8.57.